The molecule has 1 aliphatic heterocycles. The predicted octanol–water partition coefficient (Wildman–Crippen LogP) is 3.26. The molecule has 2 aromatic carbocycles. The van der Waals surface area contributed by atoms with Crippen LogP contribution in [0.25, 0.3) is 11.4 Å². The van der Waals surface area contributed by atoms with Crippen LogP contribution >= 0.6 is 0 Å². The summed E-state index contributed by atoms with van der Waals surface area (Å²) in [5.74, 6) is 2.05. The molecule has 0 saturated heterocycles. The van der Waals surface area contributed by atoms with Gasteiger partial charge in [0, 0.05) is 12.6 Å². The first-order chi connectivity index (χ1) is 14.0. The number of hydrogen-bond acceptors (Lipinski definition) is 6. The van der Waals surface area contributed by atoms with Crippen molar-refractivity contribution in [2.75, 3.05) is 20.8 Å². The number of ether oxygens (including phenoxy) is 2. The van der Waals surface area contributed by atoms with Gasteiger partial charge in [-0.1, -0.05) is 41.1 Å². The molecule has 7 nitrogen and oxygen atoms in total. The molecule has 1 amide bonds. The lowest BCUT2D eigenvalue weighted by atomic mass is 9.95. The predicted molar refractivity (Wildman–Crippen MR) is 107 cm³/mol. The Morgan fingerprint density at radius 2 is 2.10 bits per heavy atom. The van der Waals surface area contributed by atoms with E-state index in [1.165, 1.54) is 0 Å². The Kier molecular flexibility index (Phi) is 5.20. The monoisotopic (exact) mass is 393 g/mol. The van der Waals surface area contributed by atoms with E-state index < -0.39 is 0 Å². The van der Waals surface area contributed by atoms with E-state index in [0.29, 0.717) is 30.5 Å². The zero-order chi connectivity index (χ0) is 20.4. The average molecular weight is 393 g/mol. The van der Waals surface area contributed by atoms with Crippen molar-refractivity contribution in [2.45, 2.75) is 19.9 Å². The molecule has 1 unspecified atom stereocenters. The molecular formula is C22H23N3O4. The Bertz CT molecular complexity index is 1030. The van der Waals surface area contributed by atoms with Crippen molar-refractivity contribution in [2.24, 2.45) is 5.92 Å². The van der Waals surface area contributed by atoms with Gasteiger partial charge in [0.05, 0.1) is 19.6 Å². The fourth-order valence-corrected chi connectivity index (χ4v) is 3.53. The van der Waals surface area contributed by atoms with Crippen LogP contribution in [0.3, 0.4) is 0 Å². The third-order valence-corrected chi connectivity index (χ3v) is 5.02. The molecule has 3 aromatic rings. The molecule has 7 heteroatoms. The molecule has 0 radical (unpaired) electrons. The highest BCUT2D eigenvalue weighted by molar-refractivity contribution is 5.79. The lowest BCUT2D eigenvalue weighted by Gasteiger charge is -2.28. The SMILES string of the molecule is COc1cccc2c1OCC(C(=O)N(C)Cc1nc(-c3cccc(C)c3)no1)C2. The Morgan fingerprint density at radius 3 is 2.90 bits per heavy atom. The highest BCUT2D eigenvalue weighted by Gasteiger charge is 2.30. The molecule has 0 aliphatic carbocycles. The van der Waals surface area contributed by atoms with Crippen LogP contribution in [0.1, 0.15) is 17.0 Å². The zero-order valence-electron chi connectivity index (χ0n) is 16.7. The molecule has 1 aromatic heterocycles. The molecule has 0 fully saturated rings. The number of carbonyl (C=O) groups is 1. The summed E-state index contributed by atoms with van der Waals surface area (Å²) >= 11 is 0. The van der Waals surface area contributed by atoms with Gasteiger partial charge in [-0.15, -0.1) is 0 Å². The Labute approximate surface area is 169 Å². The molecule has 2 heterocycles. The fraction of sp³-hybridized carbons (Fsp3) is 0.318. The average Bonchev–Trinajstić information content (AvgIpc) is 3.20. The Hall–Kier alpha value is -3.35. The normalized spacial score (nSPS) is 15.3. The van der Waals surface area contributed by atoms with E-state index in [9.17, 15) is 4.79 Å². The van der Waals surface area contributed by atoms with Crippen molar-refractivity contribution in [3.63, 3.8) is 0 Å². The number of aryl methyl sites for hydroxylation is 1. The van der Waals surface area contributed by atoms with Crippen molar-refractivity contribution in [3.8, 4) is 22.9 Å². The third kappa shape index (κ3) is 3.94. The summed E-state index contributed by atoms with van der Waals surface area (Å²) in [5, 5.41) is 4.04. The minimum Gasteiger partial charge on any atom is -0.493 e. The van der Waals surface area contributed by atoms with Crippen molar-refractivity contribution in [3.05, 3.63) is 59.5 Å². The molecule has 4 rings (SSSR count). The first-order valence-electron chi connectivity index (χ1n) is 9.48. The zero-order valence-corrected chi connectivity index (χ0v) is 16.7. The number of hydrogen-bond donors (Lipinski definition) is 0. The van der Waals surface area contributed by atoms with Gasteiger partial charge in [0.15, 0.2) is 11.5 Å². The van der Waals surface area contributed by atoms with Gasteiger partial charge in [0.1, 0.15) is 6.61 Å². The minimum absolute atomic E-state index is 0.0197. The number of amides is 1. The van der Waals surface area contributed by atoms with E-state index in [0.717, 1.165) is 22.4 Å². The van der Waals surface area contributed by atoms with E-state index in [1.54, 1.807) is 19.1 Å². The van der Waals surface area contributed by atoms with Crippen LogP contribution in [-0.2, 0) is 17.8 Å². The summed E-state index contributed by atoms with van der Waals surface area (Å²) in [6, 6.07) is 13.6. The van der Waals surface area contributed by atoms with Crippen LogP contribution < -0.4 is 9.47 Å². The molecule has 0 saturated carbocycles. The van der Waals surface area contributed by atoms with Gasteiger partial charge in [0.2, 0.25) is 17.6 Å². The smallest absolute Gasteiger partial charge is 0.246 e. The van der Waals surface area contributed by atoms with E-state index in [2.05, 4.69) is 10.1 Å². The van der Waals surface area contributed by atoms with Crippen molar-refractivity contribution in [1.82, 2.24) is 15.0 Å². The number of para-hydroxylation sites is 1. The van der Waals surface area contributed by atoms with Gasteiger partial charge in [-0.2, -0.15) is 4.98 Å². The molecule has 1 atom stereocenters. The van der Waals surface area contributed by atoms with Crippen LogP contribution in [0.2, 0.25) is 0 Å². The van der Waals surface area contributed by atoms with Gasteiger partial charge in [-0.25, -0.2) is 0 Å². The quantitative estimate of drug-likeness (QED) is 0.662. The number of rotatable bonds is 5. The van der Waals surface area contributed by atoms with E-state index in [4.69, 9.17) is 14.0 Å². The number of carbonyl (C=O) groups excluding carboxylic acids is 1. The molecule has 1 aliphatic rings. The maximum Gasteiger partial charge on any atom is 0.246 e. The third-order valence-electron chi connectivity index (χ3n) is 5.02. The maximum atomic E-state index is 12.9. The standard InChI is InChI=1S/C22H23N3O4/c1-14-6-4-8-16(10-14)21-23-19(29-24-21)12-25(2)22(26)17-11-15-7-5-9-18(27-3)20(15)28-13-17/h4-10,17H,11-13H2,1-3H3. The van der Waals surface area contributed by atoms with Gasteiger partial charge in [0.25, 0.3) is 0 Å². The summed E-state index contributed by atoms with van der Waals surface area (Å²) < 4.78 is 16.5. The summed E-state index contributed by atoms with van der Waals surface area (Å²) in [6.07, 6.45) is 0.605. The lowest BCUT2D eigenvalue weighted by molar-refractivity contribution is -0.136. The second kappa shape index (κ2) is 7.95. The second-order valence-electron chi connectivity index (χ2n) is 7.24. The van der Waals surface area contributed by atoms with Crippen LogP contribution in [-0.4, -0.2) is 41.7 Å². The maximum absolute atomic E-state index is 12.9. The largest absolute Gasteiger partial charge is 0.493 e. The molecule has 150 valence electrons. The lowest BCUT2D eigenvalue weighted by Crippen LogP contribution is -2.38. The van der Waals surface area contributed by atoms with Crippen molar-refractivity contribution in [1.29, 1.82) is 0 Å². The fourth-order valence-electron chi connectivity index (χ4n) is 3.53. The van der Waals surface area contributed by atoms with Crippen molar-refractivity contribution < 1.29 is 18.8 Å². The summed E-state index contributed by atoms with van der Waals surface area (Å²) in [6.45, 7) is 2.57. The van der Waals surface area contributed by atoms with Crippen LogP contribution in [0, 0.1) is 12.8 Å². The molecule has 0 spiro atoms. The molecule has 0 N–H and O–H groups in total. The van der Waals surface area contributed by atoms with Gasteiger partial charge >= 0.3 is 0 Å². The molecule has 29 heavy (non-hydrogen) atoms. The van der Waals surface area contributed by atoms with E-state index in [1.807, 2.05) is 49.4 Å². The number of nitrogens with zero attached hydrogens (tertiary/aromatic N) is 3. The van der Waals surface area contributed by atoms with Gasteiger partial charge in [-0.05, 0) is 31.0 Å². The van der Waals surface area contributed by atoms with Crippen LogP contribution in [0.5, 0.6) is 11.5 Å². The Balaban J connectivity index is 1.43. The van der Waals surface area contributed by atoms with E-state index in [-0.39, 0.29) is 18.4 Å². The highest BCUT2D eigenvalue weighted by atomic mass is 16.5. The molecular weight excluding hydrogens is 370 g/mol. The minimum atomic E-state index is -0.265. The van der Waals surface area contributed by atoms with Gasteiger partial charge in [-0.3, -0.25) is 4.79 Å². The van der Waals surface area contributed by atoms with Crippen LogP contribution in [0.15, 0.2) is 47.0 Å². The highest BCUT2D eigenvalue weighted by Crippen LogP contribution is 2.36. The topological polar surface area (TPSA) is 77.7 Å². The first kappa shape index (κ1) is 19.0. The van der Waals surface area contributed by atoms with Crippen LogP contribution in [0.4, 0.5) is 0 Å². The summed E-state index contributed by atoms with van der Waals surface area (Å²) in [4.78, 5) is 18.9. The van der Waals surface area contributed by atoms with Crippen molar-refractivity contribution >= 4 is 5.91 Å². The van der Waals surface area contributed by atoms with Gasteiger partial charge < -0.3 is 18.9 Å². The number of fused-ring (bicyclic) bond motifs is 1. The Morgan fingerprint density at radius 1 is 1.28 bits per heavy atom. The first-order valence-corrected chi connectivity index (χ1v) is 9.48. The molecule has 0 bridgehead atoms. The summed E-state index contributed by atoms with van der Waals surface area (Å²) in [5.41, 5.74) is 2.98. The number of aromatic nitrogens is 2. The summed E-state index contributed by atoms with van der Waals surface area (Å²) in [7, 11) is 3.35. The van der Waals surface area contributed by atoms with E-state index >= 15 is 0 Å². The number of benzene rings is 2. The number of methoxy groups -OCH3 is 1. The second-order valence-corrected chi connectivity index (χ2v) is 7.24.